The SMILES string of the molecule is C=CC(C)Nc1ccnc(C(=O)N(C)C)c1. The number of aromatic nitrogens is 1. The van der Waals surface area contributed by atoms with Crippen molar-refractivity contribution >= 4 is 11.6 Å². The van der Waals surface area contributed by atoms with E-state index < -0.39 is 0 Å². The van der Waals surface area contributed by atoms with Crippen molar-refractivity contribution < 1.29 is 4.79 Å². The Morgan fingerprint density at radius 2 is 2.31 bits per heavy atom. The van der Waals surface area contributed by atoms with Gasteiger partial charge < -0.3 is 10.2 Å². The van der Waals surface area contributed by atoms with Gasteiger partial charge >= 0.3 is 0 Å². The summed E-state index contributed by atoms with van der Waals surface area (Å²) in [6, 6.07) is 3.72. The van der Waals surface area contributed by atoms with Crippen LogP contribution >= 0.6 is 0 Å². The number of hydrogen-bond donors (Lipinski definition) is 1. The fourth-order valence-electron chi connectivity index (χ4n) is 1.19. The Hall–Kier alpha value is -1.84. The molecule has 1 aromatic rings. The van der Waals surface area contributed by atoms with Crippen LogP contribution in [0.5, 0.6) is 0 Å². The Labute approximate surface area is 96.0 Å². The van der Waals surface area contributed by atoms with Gasteiger partial charge in [-0.05, 0) is 19.1 Å². The van der Waals surface area contributed by atoms with Crippen LogP contribution in [0.3, 0.4) is 0 Å². The predicted molar refractivity (Wildman–Crippen MR) is 65.5 cm³/mol. The summed E-state index contributed by atoms with van der Waals surface area (Å²) in [6.07, 6.45) is 3.42. The Bertz CT molecular complexity index is 388. The van der Waals surface area contributed by atoms with E-state index >= 15 is 0 Å². The quantitative estimate of drug-likeness (QED) is 0.785. The van der Waals surface area contributed by atoms with Gasteiger partial charge in [0.05, 0.1) is 0 Å². The van der Waals surface area contributed by atoms with Gasteiger partial charge in [0.2, 0.25) is 0 Å². The van der Waals surface area contributed by atoms with E-state index in [-0.39, 0.29) is 11.9 Å². The van der Waals surface area contributed by atoms with Gasteiger partial charge in [-0.3, -0.25) is 9.78 Å². The first kappa shape index (κ1) is 12.2. The number of nitrogens with one attached hydrogen (secondary N) is 1. The van der Waals surface area contributed by atoms with Gasteiger partial charge in [-0.15, -0.1) is 6.58 Å². The van der Waals surface area contributed by atoms with Crippen molar-refractivity contribution in [3.8, 4) is 0 Å². The summed E-state index contributed by atoms with van der Waals surface area (Å²) in [7, 11) is 3.41. The molecule has 1 atom stereocenters. The first-order chi connectivity index (χ1) is 7.54. The van der Waals surface area contributed by atoms with Crippen LogP contribution in [0.4, 0.5) is 5.69 Å². The predicted octanol–water partition coefficient (Wildman–Crippen LogP) is 1.77. The molecule has 4 nitrogen and oxygen atoms in total. The van der Waals surface area contributed by atoms with Gasteiger partial charge in [-0.2, -0.15) is 0 Å². The van der Waals surface area contributed by atoms with Crippen LogP contribution in [0.25, 0.3) is 0 Å². The summed E-state index contributed by atoms with van der Waals surface area (Å²) < 4.78 is 0. The van der Waals surface area contributed by atoms with Crippen molar-refractivity contribution in [2.75, 3.05) is 19.4 Å². The van der Waals surface area contributed by atoms with Crippen molar-refractivity contribution in [1.29, 1.82) is 0 Å². The molecule has 1 unspecified atom stereocenters. The third-order valence-corrected chi connectivity index (χ3v) is 2.13. The van der Waals surface area contributed by atoms with Gasteiger partial charge in [0.25, 0.3) is 5.91 Å². The maximum atomic E-state index is 11.7. The standard InChI is InChI=1S/C12H17N3O/c1-5-9(2)14-10-6-7-13-11(8-10)12(16)15(3)4/h5-9H,1H2,2-4H3,(H,13,14). The van der Waals surface area contributed by atoms with E-state index in [0.717, 1.165) is 5.69 Å². The van der Waals surface area contributed by atoms with Gasteiger partial charge in [0, 0.05) is 32.0 Å². The zero-order chi connectivity index (χ0) is 12.1. The smallest absolute Gasteiger partial charge is 0.272 e. The molecule has 0 aliphatic rings. The van der Waals surface area contributed by atoms with E-state index in [4.69, 9.17) is 0 Å². The number of carbonyl (C=O) groups is 1. The maximum Gasteiger partial charge on any atom is 0.272 e. The molecule has 1 aromatic heterocycles. The van der Waals surface area contributed by atoms with Gasteiger partial charge in [0.1, 0.15) is 5.69 Å². The number of hydrogen-bond acceptors (Lipinski definition) is 3. The number of rotatable bonds is 4. The lowest BCUT2D eigenvalue weighted by Crippen LogP contribution is -2.23. The number of pyridine rings is 1. The minimum absolute atomic E-state index is 0.102. The summed E-state index contributed by atoms with van der Waals surface area (Å²) in [5.74, 6) is -0.102. The van der Waals surface area contributed by atoms with Crippen LogP contribution in [0.1, 0.15) is 17.4 Å². The van der Waals surface area contributed by atoms with Crippen LogP contribution in [0.2, 0.25) is 0 Å². The van der Waals surface area contributed by atoms with Crippen molar-refractivity contribution in [2.45, 2.75) is 13.0 Å². The summed E-state index contributed by atoms with van der Waals surface area (Å²) in [5, 5.41) is 3.20. The molecule has 0 saturated heterocycles. The number of nitrogens with zero attached hydrogens (tertiary/aromatic N) is 2. The highest BCUT2D eigenvalue weighted by molar-refractivity contribution is 5.92. The number of anilines is 1. The van der Waals surface area contributed by atoms with Gasteiger partial charge in [-0.1, -0.05) is 6.08 Å². The first-order valence-corrected chi connectivity index (χ1v) is 5.11. The van der Waals surface area contributed by atoms with Crippen LogP contribution < -0.4 is 5.32 Å². The highest BCUT2D eigenvalue weighted by atomic mass is 16.2. The number of amides is 1. The second-order valence-electron chi connectivity index (χ2n) is 3.80. The maximum absolute atomic E-state index is 11.7. The topological polar surface area (TPSA) is 45.2 Å². The van der Waals surface area contributed by atoms with Crippen molar-refractivity contribution in [1.82, 2.24) is 9.88 Å². The zero-order valence-electron chi connectivity index (χ0n) is 9.90. The average Bonchev–Trinajstić information content (AvgIpc) is 2.28. The summed E-state index contributed by atoms with van der Waals surface area (Å²) in [6.45, 7) is 5.68. The molecule has 1 amide bonds. The molecule has 0 radical (unpaired) electrons. The van der Waals surface area contributed by atoms with Crippen molar-refractivity contribution in [3.05, 3.63) is 36.7 Å². The molecule has 86 valence electrons. The Morgan fingerprint density at radius 1 is 1.62 bits per heavy atom. The van der Waals surface area contributed by atoms with Crippen molar-refractivity contribution in [2.24, 2.45) is 0 Å². The normalized spacial score (nSPS) is 11.7. The molecule has 0 aliphatic heterocycles. The van der Waals surface area contributed by atoms with Gasteiger partial charge in [-0.25, -0.2) is 0 Å². The molecular weight excluding hydrogens is 202 g/mol. The molecule has 1 rings (SSSR count). The van der Waals surface area contributed by atoms with Crippen molar-refractivity contribution in [3.63, 3.8) is 0 Å². The molecule has 0 aliphatic carbocycles. The molecule has 0 saturated carbocycles. The molecular formula is C12H17N3O. The van der Waals surface area contributed by atoms with E-state index in [0.29, 0.717) is 5.69 Å². The highest BCUT2D eigenvalue weighted by Crippen LogP contribution is 2.10. The van der Waals surface area contributed by atoms with E-state index in [1.54, 1.807) is 32.4 Å². The van der Waals surface area contributed by atoms with E-state index in [1.807, 2.05) is 13.0 Å². The fraction of sp³-hybridized carbons (Fsp3) is 0.333. The largest absolute Gasteiger partial charge is 0.379 e. The van der Waals surface area contributed by atoms with Crippen LogP contribution in [-0.2, 0) is 0 Å². The lowest BCUT2D eigenvalue weighted by atomic mass is 10.2. The lowest BCUT2D eigenvalue weighted by molar-refractivity contribution is 0.0822. The van der Waals surface area contributed by atoms with Crippen LogP contribution in [0.15, 0.2) is 31.0 Å². The second-order valence-corrected chi connectivity index (χ2v) is 3.80. The van der Waals surface area contributed by atoms with Crippen LogP contribution in [-0.4, -0.2) is 35.9 Å². The van der Waals surface area contributed by atoms with Gasteiger partial charge in [0.15, 0.2) is 0 Å². The second kappa shape index (κ2) is 5.30. The molecule has 0 aromatic carbocycles. The molecule has 16 heavy (non-hydrogen) atoms. The first-order valence-electron chi connectivity index (χ1n) is 5.11. The minimum Gasteiger partial charge on any atom is -0.379 e. The third kappa shape index (κ3) is 3.08. The number of carbonyl (C=O) groups excluding carboxylic acids is 1. The van der Waals surface area contributed by atoms with Crippen LogP contribution in [0, 0.1) is 0 Å². The Kier molecular flexibility index (Phi) is 4.05. The molecule has 0 bridgehead atoms. The molecule has 0 fully saturated rings. The fourth-order valence-corrected chi connectivity index (χ4v) is 1.19. The molecule has 4 heteroatoms. The van der Waals surface area contributed by atoms with E-state index in [2.05, 4.69) is 16.9 Å². The summed E-state index contributed by atoms with van der Waals surface area (Å²) in [5.41, 5.74) is 1.30. The molecule has 1 heterocycles. The summed E-state index contributed by atoms with van der Waals surface area (Å²) >= 11 is 0. The Morgan fingerprint density at radius 3 is 2.88 bits per heavy atom. The zero-order valence-corrected chi connectivity index (χ0v) is 9.90. The average molecular weight is 219 g/mol. The lowest BCUT2D eigenvalue weighted by Gasteiger charge is -2.13. The molecule has 0 spiro atoms. The minimum atomic E-state index is -0.102. The summed E-state index contributed by atoms with van der Waals surface area (Å²) in [4.78, 5) is 17.2. The Balaban J connectivity index is 2.86. The molecule has 1 N–H and O–H groups in total. The van der Waals surface area contributed by atoms with E-state index in [1.165, 1.54) is 4.90 Å². The highest BCUT2D eigenvalue weighted by Gasteiger charge is 2.09. The van der Waals surface area contributed by atoms with E-state index in [9.17, 15) is 4.79 Å². The monoisotopic (exact) mass is 219 g/mol. The third-order valence-electron chi connectivity index (χ3n) is 2.13.